The van der Waals surface area contributed by atoms with Crippen LogP contribution in [0.1, 0.15) is 26.3 Å². The first-order valence-corrected chi connectivity index (χ1v) is 5.80. The third-order valence-corrected chi connectivity index (χ3v) is 2.56. The number of aromatic nitrogens is 2. The summed E-state index contributed by atoms with van der Waals surface area (Å²) in [5.74, 6) is 1.14. The number of hydrogen-bond acceptors (Lipinski definition) is 4. The molecule has 0 aromatic carbocycles. The fourth-order valence-corrected chi connectivity index (χ4v) is 1.49. The first-order chi connectivity index (χ1) is 8.45. The molecule has 0 spiro atoms. The number of rotatable bonds is 2. The van der Waals surface area contributed by atoms with Gasteiger partial charge in [-0.2, -0.15) is 0 Å². The quantitative estimate of drug-likeness (QED) is 0.880. The summed E-state index contributed by atoms with van der Waals surface area (Å²) >= 11 is 0. The van der Waals surface area contributed by atoms with Crippen LogP contribution in [0.3, 0.4) is 0 Å². The van der Waals surface area contributed by atoms with Crippen LogP contribution < -0.4 is 10.5 Å². The van der Waals surface area contributed by atoms with Gasteiger partial charge < -0.3 is 10.5 Å². The van der Waals surface area contributed by atoms with E-state index in [2.05, 4.69) is 30.7 Å². The van der Waals surface area contributed by atoms with E-state index < -0.39 is 0 Å². The lowest BCUT2D eigenvalue weighted by Gasteiger charge is -2.18. The van der Waals surface area contributed by atoms with Gasteiger partial charge in [0.1, 0.15) is 5.75 Å². The van der Waals surface area contributed by atoms with Crippen molar-refractivity contribution in [3.05, 3.63) is 42.4 Å². The van der Waals surface area contributed by atoms with Gasteiger partial charge in [0, 0.05) is 24.1 Å². The van der Waals surface area contributed by atoms with Crippen LogP contribution in [-0.4, -0.2) is 9.97 Å². The first kappa shape index (κ1) is 12.4. The normalized spacial score (nSPS) is 11.3. The highest BCUT2D eigenvalue weighted by atomic mass is 16.5. The lowest BCUT2D eigenvalue weighted by Crippen LogP contribution is -2.11. The zero-order chi connectivity index (χ0) is 13.2. The lowest BCUT2D eigenvalue weighted by molar-refractivity contribution is 0.457. The molecular formula is C14H17N3O. The Labute approximate surface area is 107 Å². The van der Waals surface area contributed by atoms with E-state index in [1.54, 1.807) is 24.5 Å². The second-order valence-electron chi connectivity index (χ2n) is 5.19. The molecule has 18 heavy (non-hydrogen) atoms. The van der Waals surface area contributed by atoms with Crippen LogP contribution in [0.25, 0.3) is 0 Å². The van der Waals surface area contributed by atoms with E-state index >= 15 is 0 Å². The van der Waals surface area contributed by atoms with Crippen molar-refractivity contribution in [3.63, 3.8) is 0 Å². The molecule has 2 aromatic rings. The summed E-state index contributed by atoms with van der Waals surface area (Å²) in [6.07, 6.45) is 5.13. The molecule has 2 rings (SSSR count). The van der Waals surface area contributed by atoms with Crippen molar-refractivity contribution in [2.75, 3.05) is 5.73 Å². The Morgan fingerprint density at radius 1 is 1.17 bits per heavy atom. The zero-order valence-electron chi connectivity index (χ0n) is 10.8. The molecule has 0 aliphatic rings. The Balaban J connectivity index is 2.25. The van der Waals surface area contributed by atoms with Crippen LogP contribution >= 0.6 is 0 Å². The molecule has 0 unspecified atom stereocenters. The van der Waals surface area contributed by atoms with Gasteiger partial charge in [0.15, 0.2) is 0 Å². The number of nitrogens with two attached hydrogens (primary N) is 1. The minimum Gasteiger partial charge on any atom is -0.437 e. The molecule has 0 aliphatic carbocycles. The highest BCUT2D eigenvalue weighted by Gasteiger charge is 2.14. The largest absolute Gasteiger partial charge is 0.437 e. The third-order valence-electron chi connectivity index (χ3n) is 2.56. The highest BCUT2D eigenvalue weighted by molar-refractivity contribution is 5.41. The van der Waals surface area contributed by atoms with Crippen LogP contribution in [0.15, 0.2) is 36.8 Å². The Bertz CT molecular complexity index is 547. The Morgan fingerprint density at radius 3 is 2.61 bits per heavy atom. The number of ether oxygens (including phenoxy) is 1. The smallest absolute Gasteiger partial charge is 0.221 e. The molecule has 2 aromatic heterocycles. The van der Waals surface area contributed by atoms with Gasteiger partial charge in [-0.1, -0.05) is 20.8 Å². The molecule has 94 valence electrons. The van der Waals surface area contributed by atoms with Gasteiger partial charge in [-0.25, -0.2) is 4.98 Å². The summed E-state index contributed by atoms with van der Waals surface area (Å²) in [7, 11) is 0. The van der Waals surface area contributed by atoms with E-state index in [0.29, 0.717) is 17.3 Å². The van der Waals surface area contributed by atoms with Crippen molar-refractivity contribution in [3.8, 4) is 11.6 Å². The molecule has 0 bridgehead atoms. The summed E-state index contributed by atoms with van der Waals surface area (Å²) in [5, 5.41) is 0. The molecule has 0 radical (unpaired) electrons. The Hall–Kier alpha value is -2.10. The molecule has 4 heteroatoms. The Morgan fingerprint density at radius 2 is 1.94 bits per heavy atom. The third kappa shape index (κ3) is 2.97. The van der Waals surface area contributed by atoms with Gasteiger partial charge in [-0.05, 0) is 23.1 Å². The number of nitrogen functional groups attached to an aromatic ring is 1. The van der Waals surface area contributed by atoms with Crippen LogP contribution in [0.2, 0.25) is 0 Å². The predicted molar refractivity (Wildman–Crippen MR) is 71.7 cm³/mol. The van der Waals surface area contributed by atoms with Crippen LogP contribution in [-0.2, 0) is 5.41 Å². The predicted octanol–water partition coefficient (Wildman–Crippen LogP) is 3.15. The maximum atomic E-state index is 5.68. The molecule has 0 amide bonds. The second-order valence-corrected chi connectivity index (χ2v) is 5.19. The van der Waals surface area contributed by atoms with Gasteiger partial charge in [-0.15, -0.1) is 0 Å². The fraction of sp³-hybridized carbons (Fsp3) is 0.286. The van der Waals surface area contributed by atoms with E-state index in [1.807, 2.05) is 12.3 Å². The van der Waals surface area contributed by atoms with Crippen LogP contribution in [0.5, 0.6) is 11.6 Å². The summed E-state index contributed by atoms with van der Waals surface area (Å²) in [4.78, 5) is 8.28. The average molecular weight is 243 g/mol. The van der Waals surface area contributed by atoms with Gasteiger partial charge >= 0.3 is 0 Å². The highest BCUT2D eigenvalue weighted by Crippen LogP contribution is 2.26. The van der Waals surface area contributed by atoms with E-state index in [4.69, 9.17) is 10.5 Å². The topological polar surface area (TPSA) is 61.0 Å². The number of hydrogen-bond donors (Lipinski definition) is 1. The van der Waals surface area contributed by atoms with Crippen LogP contribution in [0.4, 0.5) is 5.69 Å². The molecule has 0 aliphatic heterocycles. The molecular weight excluding hydrogens is 226 g/mol. The van der Waals surface area contributed by atoms with Crippen molar-refractivity contribution < 1.29 is 4.74 Å². The van der Waals surface area contributed by atoms with E-state index in [1.165, 1.54) is 0 Å². The zero-order valence-corrected chi connectivity index (χ0v) is 10.8. The maximum Gasteiger partial charge on any atom is 0.221 e. The molecule has 4 nitrogen and oxygen atoms in total. The molecule has 0 atom stereocenters. The molecule has 0 saturated heterocycles. The van der Waals surface area contributed by atoms with Crippen molar-refractivity contribution in [1.82, 2.24) is 9.97 Å². The average Bonchev–Trinajstić information content (AvgIpc) is 2.28. The minimum absolute atomic E-state index is 0.0372. The SMILES string of the molecule is CC(C)(C)c1cncc(Oc2cc(N)ccn2)c1. The second kappa shape index (κ2) is 4.64. The van der Waals surface area contributed by atoms with E-state index in [-0.39, 0.29) is 5.41 Å². The summed E-state index contributed by atoms with van der Waals surface area (Å²) in [5.41, 5.74) is 7.45. The number of anilines is 1. The molecule has 2 N–H and O–H groups in total. The minimum atomic E-state index is 0.0372. The van der Waals surface area contributed by atoms with Crippen LogP contribution in [0, 0.1) is 0 Å². The van der Waals surface area contributed by atoms with Gasteiger partial charge in [0.25, 0.3) is 0 Å². The Kier molecular flexibility index (Phi) is 3.19. The van der Waals surface area contributed by atoms with Crippen molar-refractivity contribution in [2.24, 2.45) is 0 Å². The lowest BCUT2D eigenvalue weighted by atomic mass is 9.88. The summed E-state index contributed by atoms with van der Waals surface area (Å²) in [6, 6.07) is 5.37. The molecule has 0 saturated carbocycles. The number of pyridine rings is 2. The van der Waals surface area contributed by atoms with E-state index in [0.717, 1.165) is 5.56 Å². The van der Waals surface area contributed by atoms with Gasteiger partial charge in [0.2, 0.25) is 5.88 Å². The summed E-state index contributed by atoms with van der Waals surface area (Å²) in [6.45, 7) is 6.39. The number of nitrogens with zero attached hydrogens (tertiary/aromatic N) is 2. The van der Waals surface area contributed by atoms with Crippen molar-refractivity contribution >= 4 is 5.69 Å². The summed E-state index contributed by atoms with van der Waals surface area (Å²) < 4.78 is 5.64. The standard InChI is InChI=1S/C14H17N3O/c1-14(2,3)10-6-12(9-16-8-10)18-13-7-11(15)4-5-17-13/h4-9H,1-3H3,(H2,15,17). The monoisotopic (exact) mass is 243 g/mol. The molecule has 0 fully saturated rings. The first-order valence-electron chi connectivity index (χ1n) is 5.80. The molecule has 2 heterocycles. The van der Waals surface area contributed by atoms with Gasteiger partial charge in [0.05, 0.1) is 6.20 Å². The van der Waals surface area contributed by atoms with Crippen molar-refractivity contribution in [1.29, 1.82) is 0 Å². The van der Waals surface area contributed by atoms with E-state index in [9.17, 15) is 0 Å². The maximum absolute atomic E-state index is 5.68. The fourth-order valence-electron chi connectivity index (χ4n) is 1.49. The van der Waals surface area contributed by atoms with Gasteiger partial charge in [-0.3, -0.25) is 4.98 Å². The van der Waals surface area contributed by atoms with Crippen molar-refractivity contribution in [2.45, 2.75) is 26.2 Å².